The Bertz CT molecular complexity index is 475. The summed E-state index contributed by atoms with van der Waals surface area (Å²) in [4.78, 5) is 5.32. The van der Waals surface area contributed by atoms with Gasteiger partial charge in [0.15, 0.2) is 0 Å². The van der Waals surface area contributed by atoms with Gasteiger partial charge >= 0.3 is 0 Å². The standard InChI is InChI=1S/C17H25N3/c18-16-11-17(15-4-2-1-3-14(15)16)20-9-7-19(8-10-20)12-13-5-6-13/h1-4,13,16-17H,5-12,18H2. The molecule has 0 amide bonds. The molecule has 2 unspecified atom stereocenters. The molecule has 0 spiro atoms. The lowest BCUT2D eigenvalue weighted by Crippen LogP contribution is -2.47. The van der Waals surface area contributed by atoms with E-state index in [1.54, 1.807) is 0 Å². The van der Waals surface area contributed by atoms with Crippen LogP contribution < -0.4 is 5.73 Å². The van der Waals surface area contributed by atoms with Gasteiger partial charge in [-0.05, 0) is 36.3 Å². The van der Waals surface area contributed by atoms with Crippen molar-refractivity contribution in [2.45, 2.75) is 31.3 Å². The van der Waals surface area contributed by atoms with E-state index >= 15 is 0 Å². The molecular formula is C17H25N3. The molecule has 0 radical (unpaired) electrons. The zero-order chi connectivity index (χ0) is 13.5. The normalized spacial score (nSPS) is 31.4. The number of benzene rings is 1. The van der Waals surface area contributed by atoms with Crippen LogP contribution in [0.4, 0.5) is 0 Å². The highest BCUT2D eigenvalue weighted by atomic mass is 15.3. The Morgan fingerprint density at radius 1 is 1.00 bits per heavy atom. The van der Waals surface area contributed by atoms with Crippen LogP contribution in [-0.4, -0.2) is 42.5 Å². The maximum Gasteiger partial charge on any atom is 0.0370 e. The van der Waals surface area contributed by atoms with Crippen molar-refractivity contribution < 1.29 is 0 Å². The van der Waals surface area contributed by atoms with Crippen molar-refractivity contribution in [1.29, 1.82) is 0 Å². The molecule has 20 heavy (non-hydrogen) atoms. The SMILES string of the molecule is NC1CC(N2CCN(CC3CC3)CC2)c2ccccc21. The van der Waals surface area contributed by atoms with E-state index in [1.807, 2.05) is 0 Å². The average Bonchev–Trinajstić information content (AvgIpc) is 3.23. The van der Waals surface area contributed by atoms with E-state index in [0.717, 1.165) is 12.3 Å². The molecule has 4 rings (SSSR count). The maximum absolute atomic E-state index is 6.31. The molecule has 108 valence electrons. The maximum atomic E-state index is 6.31. The predicted octanol–water partition coefficient (Wildman–Crippen LogP) is 2.16. The van der Waals surface area contributed by atoms with Crippen LogP contribution in [0.5, 0.6) is 0 Å². The van der Waals surface area contributed by atoms with E-state index in [4.69, 9.17) is 5.73 Å². The van der Waals surface area contributed by atoms with Crippen LogP contribution in [0, 0.1) is 5.92 Å². The molecule has 1 aliphatic heterocycles. The van der Waals surface area contributed by atoms with Crippen LogP contribution in [0.3, 0.4) is 0 Å². The predicted molar refractivity (Wildman–Crippen MR) is 81.5 cm³/mol. The summed E-state index contributed by atoms with van der Waals surface area (Å²) < 4.78 is 0. The monoisotopic (exact) mass is 271 g/mol. The van der Waals surface area contributed by atoms with Crippen LogP contribution in [0.2, 0.25) is 0 Å². The number of nitrogens with two attached hydrogens (primary N) is 1. The summed E-state index contributed by atoms with van der Waals surface area (Å²) >= 11 is 0. The Balaban J connectivity index is 1.42. The summed E-state index contributed by atoms with van der Waals surface area (Å²) in [7, 11) is 0. The van der Waals surface area contributed by atoms with Crippen LogP contribution >= 0.6 is 0 Å². The zero-order valence-electron chi connectivity index (χ0n) is 12.2. The average molecular weight is 271 g/mol. The van der Waals surface area contributed by atoms with Crippen LogP contribution in [0.25, 0.3) is 0 Å². The molecule has 3 aliphatic rings. The summed E-state index contributed by atoms with van der Waals surface area (Å²) in [5, 5.41) is 0. The molecule has 1 aromatic carbocycles. The Morgan fingerprint density at radius 3 is 2.40 bits per heavy atom. The van der Waals surface area contributed by atoms with Gasteiger partial charge in [0.2, 0.25) is 0 Å². The first kappa shape index (κ1) is 12.8. The van der Waals surface area contributed by atoms with Gasteiger partial charge in [0.25, 0.3) is 0 Å². The van der Waals surface area contributed by atoms with Crippen LogP contribution in [-0.2, 0) is 0 Å². The van der Waals surface area contributed by atoms with Gasteiger partial charge in [-0.3, -0.25) is 4.90 Å². The van der Waals surface area contributed by atoms with Crippen LogP contribution in [0.15, 0.2) is 24.3 Å². The Morgan fingerprint density at radius 2 is 1.70 bits per heavy atom. The molecule has 1 heterocycles. The zero-order valence-corrected chi connectivity index (χ0v) is 12.2. The van der Waals surface area contributed by atoms with Gasteiger partial charge in [-0.2, -0.15) is 0 Å². The van der Waals surface area contributed by atoms with Crippen molar-refractivity contribution in [2.24, 2.45) is 11.7 Å². The highest BCUT2D eigenvalue weighted by molar-refractivity contribution is 5.37. The quantitative estimate of drug-likeness (QED) is 0.914. The second kappa shape index (κ2) is 5.14. The number of hydrogen-bond donors (Lipinski definition) is 1. The second-order valence-corrected chi connectivity index (χ2v) is 6.77. The summed E-state index contributed by atoms with van der Waals surface area (Å²) in [6.07, 6.45) is 4.03. The van der Waals surface area contributed by atoms with Crippen molar-refractivity contribution in [2.75, 3.05) is 32.7 Å². The van der Waals surface area contributed by atoms with E-state index in [1.165, 1.54) is 56.7 Å². The smallest absolute Gasteiger partial charge is 0.0370 e. The second-order valence-electron chi connectivity index (χ2n) is 6.77. The molecule has 3 nitrogen and oxygen atoms in total. The van der Waals surface area contributed by atoms with Crippen molar-refractivity contribution in [3.8, 4) is 0 Å². The number of hydrogen-bond acceptors (Lipinski definition) is 3. The molecule has 2 atom stereocenters. The molecule has 0 aromatic heterocycles. The highest BCUT2D eigenvalue weighted by Gasteiger charge is 2.34. The van der Waals surface area contributed by atoms with Gasteiger partial charge in [-0.25, -0.2) is 0 Å². The minimum absolute atomic E-state index is 0.237. The minimum atomic E-state index is 0.237. The van der Waals surface area contributed by atoms with Crippen molar-refractivity contribution in [3.63, 3.8) is 0 Å². The Hall–Kier alpha value is -0.900. The third kappa shape index (κ3) is 2.39. The summed E-state index contributed by atoms with van der Waals surface area (Å²) in [6, 6.07) is 9.57. The number of nitrogens with zero attached hydrogens (tertiary/aromatic N) is 2. The fraction of sp³-hybridized carbons (Fsp3) is 0.647. The van der Waals surface area contributed by atoms with Gasteiger partial charge < -0.3 is 10.6 Å². The number of rotatable bonds is 3. The van der Waals surface area contributed by atoms with Crippen molar-refractivity contribution in [3.05, 3.63) is 35.4 Å². The third-order valence-electron chi connectivity index (χ3n) is 5.29. The van der Waals surface area contributed by atoms with E-state index in [2.05, 4.69) is 34.1 Å². The van der Waals surface area contributed by atoms with Gasteiger partial charge in [0, 0.05) is 44.8 Å². The van der Waals surface area contributed by atoms with Gasteiger partial charge in [0.1, 0.15) is 0 Å². The summed E-state index contributed by atoms with van der Waals surface area (Å²) in [5.41, 5.74) is 9.16. The van der Waals surface area contributed by atoms with Crippen molar-refractivity contribution in [1.82, 2.24) is 9.80 Å². The molecule has 2 fully saturated rings. The van der Waals surface area contributed by atoms with Crippen LogP contribution in [0.1, 0.15) is 42.5 Å². The first-order valence-electron chi connectivity index (χ1n) is 8.12. The molecule has 2 aliphatic carbocycles. The Kier molecular flexibility index (Phi) is 3.29. The Labute approximate surface area is 121 Å². The largest absolute Gasteiger partial charge is 0.324 e. The first-order chi connectivity index (χ1) is 9.81. The van der Waals surface area contributed by atoms with Gasteiger partial charge in [0.05, 0.1) is 0 Å². The fourth-order valence-corrected chi connectivity index (χ4v) is 3.92. The van der Waals surface area contributed by atoms with Gasteiger partial charge in [-0.15, -0.1) is 0 Å². The van der Waals surface area contributed by atoms with Crippen molar-refractivity contribution >= 4 is 0 Å². The van der Waals surface area contributed by atoms with Gasteiger partial charge in [-0.1, -0.05) is 24.3 Å². The first-order valence-corrected chi connectivity index (χ1v) is 8.12. The van der Waals surface area contributed by atoms with E-state index in [9.17, 15) is 0 Å². The number of fused-ring (bicyclic) bond motifs is 1. The summed E-state index contributed by atoms with van der Waals surface area (Å²) in [5.74, 6) is 1.02. The molecule has 0 bridgehead atoms. The molecule has 1 saturated heterocycles. The number of piperazine rings is 1. The lowest BCUT2D eigenvalue weighted by molar-refractivity contribution is 0.0913. The lowest BCUT2D eigenvalue weighted by Gasteiger charge is -2.38. The summed E-state index contributed by atoms with van der Waals surface area (Å²) in [6.45, 7) is 6.24. The molecule has 3 heteroatoms. The molecule has 1 aromatic rings. The topological polar surface area (TPSA) is 32.5 Å². The van der Waals surface area contributed by atoms with E-state index < -0.39 is 0 Å². The van der Waals surface area contributed by atoms with E-state index in [0.29, 0.717) is 6.04 Å². The minimum Gasteiger partial charge on any atom is -0.324 e. The lowest BCUT2D eigenvalue weighted by atomic mass is 10.1. The molecular weight excluding hydrogens is 246 g/mol. The highest BCUT2D eigenvalue weighted by Crippen LogP contribution is 2.41. The molecule has 1 saturated carbocycles. The van der Waals surface area contributed by atoms with E-state index in [-0.39, 0.29) is 6.04 Å². The third-order valence-corrected chi connectivity index (χ3v) is 5.29. The fourth-order valence-electron chi connectivity index (χ4n) is 3.92. The molecule has 2 N–H and O–H groups in total.